The van der Waals surface area contributed by atoms with Gasteiger partial charge in [-0.05, 0) is 38.3 Å². The molecule has 0 aliphatic carbocycles. The zero-order valence-electron chi connectivity index (χ0n) is 12.5. The number of hydrogen-bond donors (Lipinski definition) is 0. The van der Waals surface area contributed by atoms with E-state index in [2.05, 4.69) is 27.7 Å². The molecule has 19 heavy (non-hydrogen) atoms. The molecule has 2 atom stereocenters. The van der Waals surface area contributed by atoms with E-state index in [1.807, 2.05) is 41.3 Å². The first-order valence-electron chi connectivity index (χ1n) is 7.15. The lowest BCUT2D eigenvalue weighted by Crippen LogP contribution is -2.43. The van der Waals surface area contributed by atoms with Crippen molar-refractivity contribution < 1.29 is 4.79 Å². The van der Waals surface area contributed by atoms with Crippen LogP contribution in [0.1, 0.15) is 46.1 Å². The Morgan fingerprint density at radius 2 is 1.63 bits per heavy atom. The molecular weight excluding hydrogens is 234 g/mol. The number of hydrogen-bond acceptors (Lipinski definition) is 1. The monoisotopic (exact) mass is 259 g/mol. The van der Waals surface area contributed by atoms with E-state index < -0.39 is 0 Å². The number of amides is 1. The molecule has 0 N–H and O–H groups in total. The predicted molar refractivity (Wildman–Crippen MR) is 81.8 cm³/mol. The second-order valence-electron chi connectivity index (χ2n) is 5.00. The lowest BCUT2D eigenvalue weighted by atomic mass is 10.1. The van der Waals surface area contributed by atoms with Crippen LogP contribution in [0.25, 0.3) is 6.08 Å². The molecule has 0 aromatic heterocycles. The summed E-state index contributed by atoms with van der Waals surface area (Å²) in [5.41, 5.74) is 1.06. The Bertz CT molecular complexity index is 401. The summed E-state index contributed by atoms with van der Waals surface area (Å²) in [4.78, 5) is 14.3. The molecule has 2 unspecified atom stereocenters. The van der Waals surface area contributed by atoms with Gasteiger partial charge in [-0.15, -0.1) is 0 Å². The first-order chi connectivity index (χ1) is 9.10. The number of benzene rings is 1. The molecule has 2 heteroatoms. The van der Waals surface area contributed by atoms with E-state index in [4.69, 9.17) is 0 Å². The summed E-state index contributed by atoms with van der Waals surface area (Å²) in [6, 6.07) is 10.5. The molecular formula is C17H25NO. The average Bonchev–Trinajstić information content (AvgIpc) is 2.45. The van der Waals surface area contributed by atoms with E-state index in [1.165, 1.54) is 0 Å². The van der Waals surface area contributed by atoms with Crippen LogP contribution in [0.15, 0.2) is 36.4 Å². The fourth-order valence-electron chi connectivity index (χ4n) is 2.08. The Balaban J connectivity index is 2.80. The Morgan fingerprint density at radius 1 is 1.11 bits per heavy atom. The molecule has 0 aliphatic heterocycles. The van der Waals surface area contributed by atoms with Gasteiger partial charge in [0.15, 0.2) is 0 Å². The molecule has 2 nitrogen and oxygen atoms in total. The Kier molecular flexibility index (Phi) is 6.34. The smallest absolute Gasteiger partial charge is 0.247 e. The molecule has 104 valence electrons. The van der Waals surface area contributed by atoms with Gasteiger partial charge in [0.05, 0.1) is 0 Å². The van der Waals surface area contributed by atoms with Crippen LogP contribution in [0.3, 0.4) is 0 Å². The quantitative estimate of drug-likeness (QED) is 0.704. The summed E-state index contributed by atoms with van der Waals surface area (Å²) in [6.45, 7) is 8.46. The first-order valence-corrected chi connectivity index (χ1v) is 7.15. The van der Waals surface area contributed by atoms with Crippen LogP contribution in [0.4, 0.5) is 0 Å². The van der Waals surface area contributed by atoms with Gasteiger partial charge in [0.25, 0.3) is 0 Å². The SMILES string of the molecule is CCC(C)N(C(=O)C=Cc1ccccc1)C(C)CC. The molecule has 0 saturated heterocycles. The first kappa shape index (κ1) is 15.5. The molecule has 0 bridgehead atoms. The Labute approximate surface area is 117 Å². The van der Waals surface area contributed by atoms with Crippen molar-refractivity contribution in [1.82, 2.24) is 4.90 Å². The molecule has 1 amide bonds. The topological polar surface area (TPSA) is 20.3 Å². The van der Waals surface area contributed by atoms with Gasteiger partial charge in [0, 0.05) is 18.2 Å². The average molecular weight is 259 g/mol. The van der Waals surface area contributed by atoms with Gasteiger partial charge < -0.3 is 4.90 Å². The molecule has 0 heterocycles. The Hall–Kier alpha value is -1.57. The minimum absolute atomic E-state index is 0.104. The molecule has 1 aromatic carbocycles. The Morgan fingerprint density at radius 3 is 2.11 bits per heavy atom. The van der Waals surface area contributed by atoms with Crippen molar-refractivity contribution in [2.75, 3.05) is 0 Å². The summed E-state index contributed by atoms with van der Waals surface area (Å²) in [5, 5.41) is 0. The fourth-order valence-corrected chi connectivity index (χ4v) is 2.08. The third-order valence-corrected chi connectivity index (χ3v) is 3.60. The molecule has 1 rings (SSSR count). The molecule has 0 spiro atoms. The summed E-state index contributed by atoms with van der Waals surface area (Å²) in [6.07, 6.45) is 5.54. The predicted octanol–water partition coefficient (Wildman–Crippen LogP) is 4.13. The van der Waals surface area contributed by atoms with Crippen LogP contribution >= 0.6 is 0 Å². The van der Waals surface area contributed by atoms with E-state index >= 15 is 0 Å². The third-order valence-electron chi connectivity index (χ3n) is 3.60. The fraction of sp³-hybridized carbons (Fsp3) is 0.471. The number of rotatable bonds is 6. The van der Waals surface area contributed by atoms with Gasteiger partial charge in [-0.1, -0.05) is 44.2 Å². The third kappa shape index (κ3) is 4.55. The minimum Gasteiger partial charge on any atom is -0.334 e. The lowest BCUT2D eigenvalue weighted by Gasteiger charge is -2.33. The molecule has 1 aromatic rings. The molecule has 0 saturated carbocycles. The number of carbonyl (C=O) groups is 1. The highest BCUT2D eigenvalue weighted by atomic mass is 16.2. The van der Waals surface area contributed by atoms with Gasteiger partial charge in [0.2, 0.25) is 5.91 Å². The van der Waals surface area contributed by atoms with Gasteiger partial charge in [-0.3, -0.25) is 4.79 Å². The van der Waals surface area contributed by atoms with Gasteiger partial charge in [-0.2, -0.15) is 0 Å². The zero-order valence-corrected chi connectivity index (χ0v) is 12.5. The maximum absolute atomic E-state index is 12.4. The highest BCUT2D eigenvalue weighted by Crippen LogP contribution is 2.13. The standard InChI is InChI=1S/C17H25NO/c1-5-14(3)18(15(4)6-2)17(19)13-12-16-10-8-7-9-11-16/h7-15H,5-6H2,1-4H3. The highest BCUT2D eigenvalue weighted by molar-refractivity contribution is 5.92. The van der Waals surface area contributed by atoms with Crippen molar-refractivity contribution in [1.29, 1.82) is 0 Å². The minimum atomic E-state index is 0.104. The second kappa shape index (κ2) is 7.78. The molecule has 0 radical (unpaired) electrons. The van der Waals surface area contributed by atoms with E-state index in [0.717, 1.165) is 18.4 Å². The van der Waals surface area contributed by atoms with Gasteiger partial charge >= 0.3 is 0 Å². The van der Waals surface area contributed by atoms with Crippen molar-refractivity contribution in [3.8, 4) is 0 Å². The van der Waals surface area contributed by atoms with Crippen molar-refractivity contribution in [2.24, 2.45) is 0 Å². The largest absolute Gasteiger partial charge is 0.334 e. The summed E-state index contributed by atoms with van der Waals surface area (Å²) in [5.74, 6) is 0.104. The van der Waals surface area contributed by atoms with E-state index in [9.17, 15) is 4.79 Å². The van der Waals surface area contributed by atoms with Crippen LogP contribution in [-0.4, -0.2) is 22.9 Å². The van der Waals surface area contributed by atoms with Gasteiger partial charge in [-0.25, -0.2) is 0 Å². The van der Waals surface area contributed by atoms with E-state index in [0.29, 0.717) is 0 Å². The lowest BCUT2D eigenvalue weighted by molar-refractivity contribution is -0.130. The van der Waals surface area contributed by atoms with Crippen molar-refractivity contribution in [3.63, 3.8) is 0 Å². The normalized spacial score (nSPS) is 14.3. The maximum Gasteiger partial charge on any atom is 0.247 e. The number of carbonyl (C=O) groups excluding carboxylic acids is 1. The maximum atomic E-state index is 12.4. The second-order valence-corrected chi connectivity index (χ2v) is 5.00. The van der Waals surface area contributed by atoms with Crippen LogP contribution in [0.5, 0.6) is 0 Å². The van der Waals surface area contributed by atoms with E-state index in [1.54, 1.807) is 6.08 Å². The number of nitrogens with zero attached hydrogens (tertiary/aromatic N) is 1. The molecule has 0 fully saturated rings. The zero-order chi connectivity index (χ0) is 14.3. The summed E-state index contributed by atoms with van der Waals surface area (Å²) < 4.78 is 0. The highest BCUT2D eigenvalue weighted by Gasteiger charge is 2.21. The van der Waals surface area contributed by atoms with Crippen molar-refractivity contribution in [2.45, 2.75) is 52.6 Å². The van der Waals surface area contributed by atoms with E-state index in [-0.39, 0.29) is 18.0 Å². The van der Waals surface area contributed by atoms with Crippen LogP contribution < -0.4 is 0 Å². The van der Waals surface area contributed by atoms with Crippen LogP contribution in [-0.2, 0) is 4.79 Å². The van der Waals surface area contributed by atoms with Crippen molar-refractivity contribution >= 4 is 12.0 Å². The van der Waals surface area contributed by atoms with Gasteiger partial charge in [0.1, 0.15) is 0 Å². The van der Waals surface area contributed by atoms with Crippen LogP contribution in [0, 0.1) is 0 Å². The van der Waals surface area contributed by atoms with Crippen molar-refractivity contribution in [3.05, 3.63) is 42.0 Å². The summed E-state index contributed by atoms with van der Waals surface area (Å²) >= 11 is 0. The summed E-state index contributed by atoms with van der Waals surface area (Å²) in [7, 11) is 0. The molecule has 0 aliphatic rings. The van der Waals surface area contributed by atoms with Crippen LogP contribution in [0.2, 0.25) is 0 Å².